The van der Waals surface area contributed by atoms with Crippen LogP contribution >= 0.6 is 0 Å². The summed E-state index contributed by atoms with van der Waals surface area (Å²) in [6.07, 6.45) is 0.683. The first kappa shape index (κ1) is 17.5. The summed E-state index contributed by atoms with van der Waals surface area (Å²) in [4.78, 5) is 11.6. The smallest absolute Gasteiger partial charge is 0.221 e. The second kappa shape index (κ2) is 8.67. The normalized spacial score (nSPS) is 12.5. The zero-order valence-electron chi connectivity index (χ0n) is 13.8. The van der Waals surface area contributed by atoms with Gasteiger partial charge in [0, 0.05) is 25.0 Å². The van der Waals surface area contributed by atoms with E-state index < -0.39 is 0 Å². The summed E-state index contributed by atoms with van der Waals surface area (Å²) >= 11 is 0. The first-order valence-electron chi connectivity index (χ1n) is 7.68. The molecule has 1 aromatic rings. The number of nitrogens with one attached hydrogen (secondary N) is 2. The van der Waals surface area contributed by atoms with Crippen LogP contribution in [0.3, 0.4) is 0 Å². The third kappa shape index (κ3) is 7.14. The Bertz CT molecular complexity index is 427. The van der Waals surface area contributed by atoms with Gasteiger partial charge in [0.05, 0.1) is 6.10 Å². The molecule has 118 valence electrons. The lowest BCUT2D eigenvalue weighted by Crippen LogP contribution is -2.33. The second-order valence-electron chi connectivity index (χ2n) is 5.88. The van der Waals surface area contributed by atoms with Crippen molar-refractivity contribution >= 4 is 5.91 Å². The number of carbonyl (C=O) groups is 1. The van der Waals surface area contributed by atoms with Crippen molar-refractivity contribution < 1.29 is 9.53 Å². The number of amides is 1. The Balaban J connectivity index is 2.38. The number of hydrogen-bond donors (Lipinski definition) is 2. The summed E-state index contributed by atoms with van der Waals surface area (Å²) < 4.78 is 5.63. The van der Waals surface area contributed by atoms with Crippen LogP contribution in [0.25, 0.3) is 0 Å². The minimum absolute atomic E-state index is 0.0883. The highest BCUT2D eigenvalue weighted by atomic mass is 16.5. The van der Waals surface area contributed by atoms with Gasteiger partial charge in [-0.05, 0) is 52.3 Å². The van der Waals surface area contributed by atoms with Crippen LogP contribution < -0.4 is 15.4 Å². The van der Waals surface area contributed by atoms with Crippen molar-refractivity contribution in [2.24, 2.45) is 0 Å². The van der Waals surface area contributed by atoms with E-state index in [-0.39, 0.29) is 24.1 Å². The quantitative estimate of drug-likeness (QED) is 0.774. The van der Waals surface area contributed by atoms with Gasteiger partial charge in [-0.25, -0.2) is 0 Å². The monoisotopic (exact) mass is 292 g/mol. The fourth-order valence-corrected chi connectivity index (χ4v) is 2.02. The van der Waals surface area contributed by atoms with E-state index in [9.17, 15) is 4.79 Å². The van der Waals surface area contributed by atoms with Crippen molar-refractivity contribution in [1.29, 1.82) is 0 Å². The third-order valence-corrected chi connectivity index (χ3v) is 3.00. The van der Waals surface area contributed by atoms with E-state index in [0.29, 0.717) is 13.0 Å². The van der Waals surface area contributed by atoms with E-state index >= 15 is 0 Å². The van der Waals surface area contributed by atoms with Crippen molar-refractivity contribution in [3.05, 3.63) is 29.8 Å². The minimum Gasteiger partial charge on any atom is -0.491 e. The maximum Gasteiger partial charge on any atom is 0.221 e. The topological polar surface area (TPSA) is 50.4 Å². The van der Waals surface area contributed by atoms with E-state index in [1.165, 1.54) is 5.56 Å². The molecule has 4 nitrogen and oxygen atoms in total. The number of rotatable bonds is 8. The summed E-state index contributed by atoms with van der Waals surface area (Å²) in [5.41, 5.74) is 1.19. The molecule has 0 saturated heterocycles. The van der Waals surface area contributed by atoms with E-state index in [2.05, 4.69) is 29.7 Å². The third-order valence-electron chi connectivity index (χ3n) is 3.00. The van der Waals surface area contributed by atoms with Crippen molar-refractivity contribution in [3.63, 3.8) is 0 Å². The van der Waals surface area contributed by atoms with Gasteiger partial charge in [-0.15, -0.1) is 0 Å². The molecule has 0 fully saturated rings. The molecular weight excluding hydrogens is 264 g/mol. The minimum atomic E-state index is 0.0883. The zero-order chi connectivity index (χ0) is 15.8. The van der Waals surface area contributed by atoms with E-state index in [1.54, 1.807) is 0 Å². The Kier molecular flexibility index (Phi) is 7.23. The van der Waals surface area contributed by atoms with Gasteiger partial charge in [-0.3, -0.25) is 4.79 Å². The van der Waals surface area contributed by atoms with Crippen LogP contribution in [0, 0.1) is 0 Å². The van der Waals surface area contributed by atoms with Gasteiger partial charge in [0.2, 0.25) is 5.91 Å². The SMILES string of the molecule is CC(C)NC(=O)CCNC(C)c1ccc(OC(C)C)cc1. The molecule has 0 aromatic heterocycles. The standard InChI is InChI=1S/C17H28N2O2/c1-12(2)19-17(20)10-11-18-14(5)15-6-8-16(9-7-15)21-13(3)4/h6-9,12-14,18H,10-11H2,1-5H3,(H,19,20). The maximum absolute atomic E-state index is 11.6. The summed E-state index contributed by atoms with van der Waals surface area (Å²) in [5, 5.41) is 6.25. The number of ether oxygens (including phenoxy) is 1. The van der Waals surface area contributed by atoms with Crippen molar-refractivity contribution in [3.8, 4) is 5.75 Å². The van der Waals surface area contributed by atoms with Crippen LogP contribution in [0.1, 0.15) is 52.6 Å². The molecule has 0 spiro atoms. The average Bonchev–Trinajstić information content (AvgIpc) is 2.37. The highest BCUT2D eigenvalue weighted by Crippen LogP contribution is 2.18. The van der Waals surface area contributed by atoms with Gasteiger partial charge in [-0.2, -0.15) is 0 Å². The predicted octanol–water partition coefficient (Wildman–Crippen LogP) is 3.04. The molecule has 2 N–H and O–H groups in total. The molecule has 0 bridgehead atoms. The summed E-state index contributed by atoms with van der Waals surface area (Å²) in [6, 6.07) is 8.50. The molecule has 0 radical (unpaired) electrons. The first-order chi connectivity index (χ1) is 9.88. The second-order valence-corrected chi connectivity index (χ2v) is 5.88. The Morgan fingerprint density at radius 3 is 2.24 bits per heavy atom. The highest BCUT2D eigenvalue weighted by Gasteiger charge is 2.07. The Hall–Kier alpha value is -1.55. The lowest BCUT2D eigenvalue weighted by atomic mass is 10.1. The molecule has 0 saturated carbocycles. The fraction of sp³-hybridized carbons (Fsp3) is 0.588. The first-order valence-corrected chi connectivity index (χ1v) is 7.68. The molecule has 4 heteroatoms. The fourth-order valence-electron chi connectivity index (χ4n) is 2.02. The molecular formula is C17H28N2O2. The molecule has 0 aliphatic heterocycles. The van der Waals surface area contributed by atoms with Gasteiger partial charge in [0.1, 0.15) is 5.75 Å². The van der Waals surface area contributed by atoms with Crippen LogP contribution in [0.15, 0.2) is 24.3 Å². The Morgan fingerprint density at radius 2 is 1.71 bits per heavy atom. The summed E-state index contributed by atoms with van der Waals surface area (Å²) in [7, 11) is 0. The Labute approximate surface area is 128 Å². The number of hydrogen-bond acceptors (Lipinski definition) is 3. The largest absolute Gasteiger partial charge is 0.491 e. The Morgan fingerprint density at radius 1 is 1.10 bits per heavy atom. The average molecular weight is 292 g/mol. The molecule has 21 heavy (non-hydrogen) atoms. The molecule has 1 unspecified atom stereocenters. The molecule has 0 aliphatic rings. The van der Waals surface area contributed by atoms with Crippen LogP contribution in [-0.2, 0) is 4.79 Å². The molecule has 1 aromatic carbocycles. The summed E-state index contributed by atoms with van der Waals surface area (Å²) in [6.45, 7) is 10.7. The van der Waals surface area contributed by atoms with Gasteiger partial charge in [-0.1, -0.05) is 12.1 Å². The van der Waals surface area contributed by atoms with Gasteiger partial charge >= 0.3 is 0 Å². The van der Waals surface area contributed by atoms with Crippen molar-refractivity contribution in [2.45, 2.75) is 59.2 Å². The molecule has 0 heterocycles. The molecule has 1 rings (SSSR count). The lowest BCUT2D eigenvalue weighted by Gasteiger charge is -2.16. The van der Waals surface area contributed by atoms with Crippen molar-refractivity contribution in [2.75, 3.05) is 6.54 Å². The van der Waals surface area contributed by atoms with E-state index in [1.807, 2.05) is 39.8 Å². The molecule has 1 atom stereocenters. The van der Waals surface area contributed by atoms with E-state index in [4.69, 9.17) is 4.74 Å². The number of benzene rings is 1. The van der Waals surface area contributed by atoms with Gasteiger partial charge in [0.25, 0.3) is 0 Å². The van der Waals surface area contributed by atoms with Crippen LogP contribution in [0.4, 0.5) is 0 Å². The zero-order valence-corrected chi connectivity index (χ0v) is 13.8. The highest BCUT2D eigenvalue weighted by molar-refractivity contribution is 5.76. The maximum atomic E-state index is 11.6. The van der Waals surface area contributed by atoms with Gasteiger partial charge in [0.15, 0.2) is 0 Å². The molecule has 1 amide bonds. The van der Waals surface area contributed by atoms with E-state index in [0.717, 1.165) is 5.75 Å². The van der Waals surface area contributed by atoms with Crippen LogP contribution in [-0.4, -0.2) is 24.6 Å². The predicted molar refractivity (Wildman–Crippen MR) is 86.5 cm³/mol. The lowest BCUT2D eigenvalue weighted by molar-refractivity contribution is -0.121. The summed E-state index contributed by atoms with van der Waals surface area (Å²) in [5.74, 6) is 0.975. The van der Waals surface area contributed by atoms with Crippen LogP contribution in [0.5, 0.6) is 5.75 Å². The van der Waals surface area contributed by atoms with Crippen LogP contribution in [0.2, 0.25) is 0 Å². The number of carbonyl (C=O) groups excluding carboxylic acids is 1. The van der Waals surface area contributed by atoms with Crippen molar-refractivity contribution in [1.82, 2.24) is 10.6 Å². The molecule has 0 aliphatic carbocycles. The van der Waals surface area contributed by atoms with Gasteiger partial charge < -0.3 is 15.4 Å².